The molecule has 0 aliphatic heterocycles. The lowest BCUT2D eigenvalue weighted by molar-refractivity contribution is 0.253. The van der Waals surface area contributed by atoms with Crippen molar-refractivity contribution in [1.29, 1.82) is 0 Å². The van der Waals surface area contributed by atoms with Gasteiger partial charge in [-0.15, -0.1) is 0 Å². The molecule has 2 N–H and O–H groups in total. The van der Waals surface area contributed by atoms with Crippen molar-refractivity contribution in [3.8, 4) is 0 Å². The van der Waals surface area contributed by atoms with Crippen LogP contribution < -0.4 is 5.73 Å². The lowest BCUT2D eigenvalue weighted by Crippen LogP contribution is -2.41. The lowest BCUT2D eigenvalue weighted by atomic mass is 9.64. The average molecular weight is 249 g/mol. The first-order chi connectivity index (χ1) is 8.16. The number of nitrogens with two attached hydrogens (primary N) is 1. The number of hydrogen-bond acceptors (Lipinski definition) is 1. The Morgan fingerprint density at radius 1 is 1.41 bits per heavy atom. The number of rotatable bonds is 2. The summed E-state index contributed by atoms with van der Waals surface area (Å²) in [7, 11) is 2.02. The molecule has 1 aromatic heterocycles. The number of hydrogen-bond donors (Lipinski definition) is 1. The van der Waals surface area contributed by atoms with E-state index in [2.05, 4.69) is 22.8 Å². The van der Waals surface area contributed by atoms with Crippen LogP contribution in [0.2, 0.25) is 5.02 Å². The second-order valence-electron chi connectivity index (χ2n) is 5.16. The third kappa shape index (κ3) is 1.51. The summed E-state index contributed by atoms with van der Waals surface area (Å²) in [4.78, 5) is 0. The number of benzene rings is 1. The van der Waals surface area contributed by atoms with Crippen LogP contribution >= 0.6 is 11.6 Å². The lowest BCUT2D eigenvalue weighted by Gasteiger charge is -2.41. The Labute approximate surface area is 106 Å². The van der Waals surface area contributed by atoms with Gasteiger partial charge in [0.1, 0.15) is 0 Å². The first-order valence-electron chi connectivity index (χ1n) is 6.11. The Balaban J connectivity index is 2.16. The highest BCUT2D eigenvalue weighted by Crippen LogP contribution is 2.44. The van der Waals surface area contributed by atoms with Crippen molar-refractivity contribution in [1.82, 2.24) is 4.57 Å². The zero-order valence-electron chi connectivity index (χ0n) is 10.0. The number of fused-ring (bicyclic) bond motifs is 1. The van der Waals surface area contributed by atoms with Gasteiger partial charge in [0, 0.05) is 36.1 Å². The second-order valence-corrected chi connectivity index (χ2v) is 5.57. The van der Waals surface area contributed by atoms with Crippen LogP contribution in [-0.4, -0.2) is 11.1 Å². The van der Waals surface area contributed by atoms with Crippen molar-refractivity contribution >= 4 is 22.5 Å². The van der Waals surface area contributed by atoms with Crippen LogP contribution in [0.5, 0.6) is 0 Å². The summed E-state index contributed by atoms with van der Waals surface area (Å²) in [6.07, 6.45) is 5.67. The number of aromatic nitrogens is 1. The van der Waals surface area contributed by atoms with Crippen LogP contribution in [0.4, 0.5) is 0 Å². The molecule has 0 radical (unpaired) electrons. The molecule has 3 heteroatoms. The highest BCUT2D eigenvalue weighted by Gasteiger charge is 2.37. The van der Waals surface area contributed by atoms with E-state index in [9.17, 15) is 0 Å². The number of aryl methyl sites for hydroxylation is 1. The highest BCUT2D eigenvalue weighted by molar-refractivity contribution is 6.35. The van der Waals surface area contributed by atoms with E-state index in [1.54, 1.807) is 0 Å². The van der Waals surface area contributed by atoms with Crippen LogP contribution in [0.25, 0.3) is 10.9 Å². The van der Waals surface area contributed by atoms with E-state index in [4.69, 9.17) is 17.3 Å². The maximum Gasteiger partial charge on any atom is 0.0661 e. The molecule has 0 bridgehead atoms. The molecule has 0 atom stereocenters. The van der Waals surface area contributed by atoms with E-state index in [1.807, 2.05) is 13.2 Å². The summed E-state index contributed by atoms with van der Waals surface area (Å²) >= 11 is 6.25. The molecule has 0 saturated heterocycles. The molecular formula is C14H17ClN2. The van der Waals surface area contributed by atoms with Gasteiger partial charge in [0.15, 0.2) is 0 Å². The first kappa shape index (κ1) is 11.1. The predicted octanol–water partition coefficient (Wildman–Crippen LogP) is 3.21. The van der Waals surface area contributed by atoms with Gasteiger partial charge in [0.25, 0.3) is 0 Å². The van der Waals surface area contributed by atoms with Gasteiger partial charge >= 0.3 is 0 Å². The summed E-state index contributed by atoms with van der Waals surface area (Å²) in [6, 6.07) is 6.60. The number of nitrogens with zero attached hydrogens (tertiary/aromatic N) is 1. The molecule has 2 aromatic rings. The van der Waals surface area contributed by atoms with Gasteiger partial charge in [-0.2, -0.15) is 0 Å². The largest absolute Gasteiger partial charge is 0.349 e. The molecule has 1 heterocycles. The van der Waals surface area contributed by atoms with Crippen molar-refractivity contribution in [3.63, 3.8) is 0 Å². The smallest absolute Gasteiger partial charge is 0.0661 e. The van der Waals surface area contributed by atoms with Crippen molar-refractivity contribution in [2.45, 2.75) is 24.7 Å². The van der Waals surface area contributed by atoms with Gasteiger partial charge < -0.3 is 10.3 Å². The normalized spacial score (nSPS) is 18.3. The molecular weight excluding hydrogens is 232 g/mol. The van der Waals surface area contributed by atoms with E-state index in [1.165, 1.54) is 30.3 Å². The molecule has 1 aliphatic rings. The van der Waals surface area contributed by atoms with Gasteiger partial charge in [-0.05, 0) is 30.5 Å². The quantitative estimate of drug-likeness (QED) is 0.869. The summed E-state index contributed by atoms with van der Waals surface area (Å²) in [5.41, 5.74) is 8.70. The highest BCUT2D eigenvalue weighted by atomic mass is 35.5. The Morgan fingerprint density at radius 3 is 2.76 bits per heavy atom. The predicted molar refractivity (Wildman–Crippen MR) is 72.5 cm³/mol. The average Bonchev–Trinajstić information content (AvgIpc) is 2.54. The fraction of sp³-hybridized carbons (Fsp3) is 0.429. The van der Waals surface area contributed by atoms with Crippen LogP contribution in [0.1, 0.15) is 24.8 Å². The summed E-state index contributed by atoms with van der Waals surface area (Å²) in [6.45, 7) is 0.739. The molecule has 1 aliphatic carbocycles. The minimum absolute atomic E-state index is 0.216. The van der Waals surface area contributed by atoms with Gasteiger partial charge in [-0.25, -0.2) is 0 Å². The maximum absolute atomic E-state index is 6.25. The van der Waals surface area contributed by atoms with Crippen LogP contribution in [0.15, 0.2) is 24.4 Å². The summed E-state index contributed by atoms with van der Waals surface area (Å²) < 4.78 is 2.07. The molecule has 1 aromatic carbocycles. The van der Waals surface area contributed by atoms with Crippen LogP contribution in [0.3, 0.4) is 0 Å². The van der Waals surface area contributed by atoms with Crippen molar-refractivity contribution in [3.05, 3.63) is 35.0 Å². The van der Waals surface area contributed by atoms with Crippen LogP contribution in [-0.2, 0) is 12.5 Å². The first-order valence-corrected chi connectivity index (χ1v) is 6.49. The Morgan fingerprint density at radius 2 is 2.18 bits per heavy atom. The van der Waals surface area contributed by atoms with Gasteiger partial charge in [0.2, 0.25) is 0 Å². The van der Waals surface area contributed by atoms with Gasteiger partial charge in [-0.3, -0.25) is 0 Å². The third-order valence-electron chi connectivity index (χ3n) is 4.25. The van der Waals surface area contributed by atoms with E-state index >= 15 is 0 Å². The van der Waals surface area contributed by atoms with E-state index in [0.717, 1.165) is 17.0 Å². The maximum atomic E-state index is 6.25. The molecule has 1 saturated carbocycles. The Hall–Kier alpha value is -0.990. The molecule has 0 spiro atoms. The monoisotopic (exact) mass is 248 g/mol. The molecule has 0 amide bonds. The Kier molecular flexibility index (Phi) is 2.46. The molecule has 2 nitrogen and oxygen atoms in total. The molecule has 90 valence electrons. The fourth-order valence-corrected chi connectivity index (χ4v) is 3.19. The van der Waals surface area contributed by atoms with Gasteiger partial charge in [0.05, 0.1) is 5.02 Å². The van der Waals surface area contributed by atoms with Gasteiger partial charge in [-0.1, -0.05) is 24.1 Å². The van der Waals surface area contributed by atoms with Crippen molar-refractivity contribution < 1.29 is 0 Å². The minimum atomic E-state index is 0.216. The molecule has 17 heavy (non-hydrogen) atoms. The van der Waals surface area contributed by atoms with Crippen molar-refractivity contribution in [2.75, 3.05) is 6.54 Å². The molecule has 3 rings (SSSR count). The molecule has 0 unspecified atom stereocenters. The number of halogens is 1. The van der Waals surface area contributed by atoms with E-state index < -0.39 is 0 Å². The molecule has 1 fully saturated rings. The SMILES string of the molecule is Cn1cc(Cl)c2cc(C3(CN)CCC3)ccc21. The van der Waals surface area contributed by atoms with E-state index in [-0.39, 0.29) is 5.41 Å². The summed E-state index contributed by atoms with van der Waals surface area (Å²) in [5.74, 6) is 0. The van der Waals surface area contributed by atoms with Crippen molar-refractivity contribution in [2.24, 2.45) is 12.8 Å². The topological polar surface area (TPSA) is 30.9 Å². The standard InChI is InChI=1S/C14H17ClN2/c1-17-8-12(15)11-7-10(3-4-13(11)17)14(9-16)5-2-6-14/h3-4,7-8H,2,5-6,9,16H2,1H3. The zero-order chi connectivity index (χ0) is 12.0. The zero-order valence-corrected chi connectivity index (χ0v) is 10.8. The third-order valence-corrected chi connectivity index (χ3v) is 4.56. The minimum Gasteiger partial charge on any atom is -0.349 e. The van der Waals surface area contributed by atoms with E-state index in [0.29, 0.717) is 0 Å². The Bertz CT molecular complexity index is 561. The fourth-order valence-electron chi connectivity index (χ4n) is 2.89. The summed E-state index contributed by atoms with van der Waals surface area (Å²) in [5, 5.41) is 1.97. The second kappa shape index (κ2) is 3.76. The van der Waals surface area contributed by atoms with Crippen LogP contribution in [0, 0.1) is 0 Å².